The number of rotatable bonds is 7. The summed E-state index contributed by atoms with van der Waals surface area (Å²) in [4.78, 5) is 8.43. The molecule has 0 amide bonds. The van der Waals surface area contributed by atoms with E-state index in [-0.39, 0.29) is 0 Å². The molecule has 2 heterocycles. The lowest BCUT2D eigenvalue weighted by molar-refractivity contribution is 0.0363. The summed E-state index contributed by atoms with van der Waals surface area (Å²) in [5.41, 5.74) is 4.76. The lowest BCUT2D eigenvalue weighted by Gasteiger charge is -2.26. The van der Waals surface area contributed by atoms with E-state index in [0.717, 1.165) is 62.1 Å². The highest BCUT2D eigenvalue weighted by Gasteiger charge is 2.13. The molecule has 3 aromatic rings. The fourth-order valence-corrected chi connectivity index (χ4v) is 4.57. The topological polar surface area (TPSA) is 39.0 Å². The average Bonchev–Trinajstić information content (AvgIpc) is 3.21. The Balaban J connectivity index is 1.67. The standard InChI is InChI=1S/C24H29N3O2S/c1-3-19-4-6-20(7-5-19)23-18-30-24(25-21-8-10-22(28-2)11-9-21)27(23)13-12-26-14-16-29-17-15-26/h4-11,18H,3,12-17H2,1-2H3. The third-order valence-electron chi connectivity index (χ3n) is 5.50. The van der Waals surface area contributed by atoms with Gasteiger partial charge in [0.25, 0.3) is 0 Å². The van der Waals surface area contributed by atoms with Crippen molar-refractivity contribution in [3.63, 3.8) is 0 Å². The molecule has 0 aliphatic carbocycles. The molecule has 1 aromatic heterocycles. The zero-order valence-corrected chi connectivity index (χ0v) is 18.5. The lowest BCUT2D eigenvalue weighted by Crippen LogP contribution is -2.39. The second kappa shape index (κ2) is 10.1. The van der Waals surface area contributed by atoms with Crippen molar-refractivity contribution in [1.29, 1.82) is 0 Å². The van der Waals surface area contributed by atoms with E-state index < -0.39 is 0 Å². The van der Waals surface area contributed by atoms with Gasteiger partial charge in [0, 0.05) is 31.6 Å². The second-order valence-electron chi connectivity index (χ2n) is 7.37. The Labute approximate surface area is 182 Å². The Morgan fingerprint density at radius 2 is 1.73 bits per heavy atom. The first-order valence-electron chi connectivity index (χ1n) is 10.5. The fraction of sp³-hybridized carbons (Fsp3) is 0.375. The first kappa shape index (κ1) is 20.8. The van der Waals surface area contributed by atoms with Gasteiger partial charge in [-0.25, -0.2) is 4.99 Å². The molecule has 158 valence electrons. The smallest absolute Gasteiger partial charge is 0.190 e. The molecule has 0 atom stereocenters. The van der Waals surface area contributed by atoms with Crippen molar-refractivity contribution in [2.75, 3.05) is 40.0 Å². The summed E-state index contributed by atoms with van der Waals surface area (Å²) in [5.74, 6) is 0.844. The third-order valence-corrected chi connectivity index (χ3v) is 6.36. The summed E-state index contributed by atoms with van der Waals surface area (Å²) < 4.78 is 13.1. The number of hydrogen-bond donors (Lipinski definition) is 0. The second-order valence-corrected chi connectivity index (χ2v) is 8.21. The van der Waals surface area contributed by atoms with Gasteiger partial charge in [0.05, 0.1) is 31.7 Å². The summed E-state index contributed by atoms with van der Waals surface area (Å²) in [6.07, 6.45) is 1.05. The Morgan fingerprint density at radius 1 is 1.00 bits per heavy atom. The van der Waals surface area contributed by atoms with Crippen LogP contribution in [0.15, 0.2) is 58.9 Å². The molecule has 2 aromatic carbocycles. The predicted molar refractivity (Wildman–Crippen MR) is 123 cm³/mol. The van der Waals surface area contributed by atoms with Crippen LogP contribution >= 0.6 is 11.3 Å². The average molecular weight is 424 g/mol. The Kier molecular flexibility index (Phi) is 7.00. The fourth-order valence-electron chi connectivity index (χ4n) is 3.61. The molecule has 1 fully saturated rings. The normalized spacial score (nSPS) is 15.5. The van der Waals surface area contributed by atoms with Crippen LogP contribution in [0.1, 0.15) is 12.5 Å². The van der Waals surface area contributed by atoms with Crippen molar-refractivity contribution >= 4 is 17.0 Å². The van der Waals surface area contributed by atoms with Gasteiger partial charge in [-0.2, -0.15) is 0 Å². The lowest BCUT2D eigenvalue weighted by atomic mass is 10.1. The van der Waals surface area contributed by atoms with Gasteiger partial charge >= 0.3 is 0 Å². The number of ether oxygens (including phenoxy) is 2. The van der Waals surface area contributed by atoms with Gasteiger partial charge in [-0.15, -0.1) is 11.3 Å². The molecular weight excluding hydrogens is 394 g/mol. The van der Waals surface area contributed by atoms with Crippen LogP contribution in [-0.2, 0) is 17.7 Å². The van der Waals surface area contributed by atoms with E-state index in [2.05, 4.69) is 46.0 Å². The van der Waals surface area contributed by atoms with Crippen molar-refractivity contribution in [2.24, 2.45) is 4.99 Å². The van der Waals surface area contributed by atoms with Gasteiger partial charge in [-0.1, -0.05) is 31.2 Å². The molecule has 0 bridgehead atoms. The Hall–Kier alpha value is -2.41. The van der Waals surface area contributed by atoms with E-state index in [1.165, 1.54) is 16.8 Å². The van der Waals surface area contributed by atoms with Gasteiger partial charge in [-0.05, 0) is 41.8 Å². The summed E-state index contributed by atoms with van der Waals surface area (Å²) in [5, 5.41) is 2.22. The van der Waals surface area contributed by atoms with Crippen molar-refractivity contribution in [2.45, 2.75) is 19.9 Å². The van der Waals surface area contributed by atoms with Crippen LogP contribution in [-0.4, -0.2) is 49.4 Å². The maximum atomic E-state index is 5.50. The Bertz CT molecular complexity index is 1000. The molecule has 0 saturated carbocycles. The molecule has 1 aliphatic heterocycles. The van der Waals surface area contributed by atoms with Gasteiger partial charge in [0.1, 0.15) is 5.75 Å². The van der Waals surface area contributed by atoms with Crippen LogP contribution in [0.2, 0.25) is 0 Å². The minimum atomic E-state index is 0.822. The van der Waals surface area contributed by atoms with Crippen molar-refractivity contribution < 1.29 is 9.47 Å². The number of aryl methyl sites for hydroxylation is 1. The molecule has 6 heteroatoms. The molecule has 0 spiro atoms. The summed E-state index contributed by atoms with van der Waals surface area (Å²) in [6.45, 7) is 7.73. The minimum absolute atomic E-state index is 0.822. The van der Waals surface area contributed by atoms with Gasteiger partial charge in [0.2, 0.25) is 0 Å². The van der Waals surface area contributed by atoms with Crippen molar-refractivity contribution in [1.82, 2.24) is 9.47 Å². The SMILES string of the molecule is CCc1ccc(-c2csc(=Nc3ccc(OC)cc3)n2CCN2CCOCC2)cc1. The van der Waals surface area contributed by atoms with Gasteiger partial charge in [0.15, 0.2) is 4.80 Å². The van der Waals surface area contributed by atoms with Crippen molar-refractivity contribution in [3.05, 3.63) is 64.3 Å². The molecule has 0 radical (unpaired) electrons. The van der Waals surface area contributed by atoms with E-state index in [0.29, 0.717) is 0 Å². The monoisotopic (exact) mass is 423 g/mol. The number of methoxy groups -OCH3 is 1. The molecular formula is C24H29N3O2S. The molecule has 0 N–H and O–H groups in total. The van der Waals surface area contributed by atoms with Crippen LogP contribution in [0, 0.1) is 0 Å². The van der Waals surface area contributed by atoms with Crippen LogP contribution in [0.5, 0.6) is 5.75 Å². The number of hydrogen-bond acceptors (Lipinski definition) is 5. The number of aromatic nitrogens is 1. The van der Waals surface area contributed by atoms with Crippen LogP contribution in [0.4, 0.5) is 5.69 Å². The molecule has 30 heavy (non-hydrogen) atoms. The van der Waals surface area contributed by atoms with E-state index in [4.69, 9.17) is 14.5 Å². The summed E-state index contributed by atoms with van der Waals surface area (Å²) in [6, 6.07) is 16.8. The summed E-state index contributed by atoms with van der Waals surface area (Å²) >= 11 is 1.69. The third kappa shape index (κ3) is 5.01. The number of thiazole rings is 1. The molecule has 1 aliphatic rings. The van der Waals surface area contributed by atoms with E-state index in [1.54, 1.807) is 18.4 Å². The number of morpholine rings is 1. The Morgan fingerprint density at radius 3 is 2.40 bits per heavy atom. The van der Waals surface area contributed by atoms with Crippen LogP contribution in [0.3, 0.4) is 0 Å². The highest BCUT2D eigenvalue weighted by molar-refractivity contribution is 7.07. The number of benzene rings is 2. The largest absolute Gasteiger partial charge is 0.497 e. The van der Waals surface area contributed by atoms with Gasteiger partial charge < -0.3 is 14.0 Å². The number of nitrogens with zero attached hydrogens (tertiary/aromatic N) is 3. The zero-order chi connectivity index (χ0) is 20.8. The zero-order valence-electron chi connectivity index (χ0n) is 17.7. The molecule has 5 nitrogen and oxygen atoms in total. The molecule has 4 rings (SSSR count). The summed E-state index contributed by atoms with van der Waals surface area (Å²) in [7, 11) is 1.68. The van der Waals surface area contributed by atoms with Crippen LogP contribution < -0.4 is 9.54 Å². The maximum Gasteiger partial charge on any atom is 0.190 e. The molecule has 0 unspecified atom stereocenters. The van der Waals surface area contributed by atoms with E-state index >= 15 is 0 Å². The van der Waals surface area contributed by atoms with E-state index in [1.807, 2.05) is 24.3 Å². The first-order valence-corrected chi connectivity index (χ1v) is 11.4. The van der Waals surface area contributed by atoms with Crippen molar-refractivity contribution in [3.8, 4) is 17.0 Å². The van der Waals surface area contributed by atoms with E-state index in [9.17, 15) is 0 Å². The van der Waals surface area contributed by atoms with Crippen LogP contribution in [0.25, 0.3) is 11.3 Å². The quantitative estimate of drug-likeness (QED) is 0.567. The minimum Gasteiger partial charge on any atom is -0.497 e. The first-order chi connectivity index (χ1) is 14.8. The highest BCUT2D eigenvalue weighted by Crippen LogP contribution is 2.23. The van der Waals surface area contributed by atoms with Gasteiger partial charge in [-0.3, -0.25) is 4.90 Å². The highest BCUT2D eigenvalue weighted by atomic mass is 32.1. The maximum absolute atomic E-state index is 5.50. The predicted octanol–water partition coefficient (Wildman–Crippen LogP) is 4.35. The molecule has 1 saturated heterocycles.